The highest BCUT2D eigenvalue weighted by Gasteiger charge is 2.08. The number of rotatable bonds is 5. The smallest absolute Gasteiger partial charge is 0.255 e. The van der Waals surface area contributed by atoms with Crippen molar-refractivity contribution in [3.63, 3.8) is 0 Å². The molecule has 0 spiro atoms. The van der Waals surface area contributed by atoms with Crippen molar-refractivity contribution in [3.8, 4) is 5.75 Å². The van der Waals surface area contributed by atoms with E-state index >= 15 is 0 Å². The average molecular weight is 359 g/mol. The summed E-state index contributed by atoms with van der Waals surface area (Å²) < 4.78 is 5.11. The fourth-order valence-electron chi connectivity index (χ4n) is 2.57. The average Bonchev–Trinajstić information content (AvgIpc) is 2.69. The second-order valence-electron chi connectivity index (χ2n) is 6.17. The van der Waals surface area contributed by atoms with Gasteiger partial charge in [-0.2, -0.15) is 10.2 Å². The second kappa shape index (κ2) is 8.27. The maximum absolute atomic E-state index is 12.4. The first-order chi connectivity index (χ1) is 13.1. The van der Waals surface area contributed by atoms with Crippen molar-refractivity contribution in [3.05, 3.63) is 83.4 Å². The molecule has 0 saturated heterocycles. The van der Waals surface area contributed by atoms with Crippen LogP contribution in [0.3, 0.4) is 0 Å². The van der Waals surface area contributed by atoms with Crippen LogP contribution in [0.15, 0.2) is 77.0 Å². The summed E-state index contributed by atoms with van der Waals surface area (Å²) in [5.74, 6) is 0.543. The molecule has 1 N–H and O–H groups in total. The Bertz CT molecular complexity index is 979. The molecule has 0 atom stereocenters. The van der Waals surface area contributed by atoms with E-state index in [1.54, 1.807) is 31.4 Å². The topological polar surface area (TPSA) is 63.0 Å². The van der Waals surface area contributed by atoms with Gasteiger partial charge in [0.2, 0.25) is 0 Å². The summed E-state index contributed by atoms with van der Waals surface area (Å²) in [5, 5.41) is 11.5. The molecular formula is C22H21N3O2. The molecule has 0 unspecified atom stereocenters. The van der Waals surface area contributed by atoms with Crippen molar-refractivity contribution in [1.82, 2.24) is 0 Å². The molecule has 5 heteroatoms. The Kier molecular flexibility index (Phi) is 5.61. The minimum Gasteiger partial charge on any atom is -0.497 e. The van der Waals surface area contributed by atoms with Crippen LogP contribution in [0.1, 0.15) is 21.5 Å². The van der Waals surface area contributed by atoms with Crippen LogP contribution in [-0.4, -0.2) is 13.0 Å². The van der Waals surface area contributed by atoms with Crippen molar-refractivity contribution in [2.24, 2.45) is 10.2 Å². The first-order valence-electron chi connectivity index (χ1n) is 8.60. The van der Waals surface area contributed by atoms with Gasteiger partial charge < -0.3 is 10.1 Å². The third-order valence-corrected chi connectivity index (χ3v) is 4.20. The lowest BCUT2D eigenvalue weighted by Gasteiger charge is -2.09. The Labute approximate surface area is 158 Å². The van der Waals surface area contributed by atoms with Crippen molar-refractivity contribution in [1.29, 1.82) is 0 Å². The van der Waals surface area contributed by atoms with Gasteiger partial charge >= 0.3 is 0 Å². The maximum atomic E-state index is 12.4. The Morgan fingerprint density at radius 2 is 1.63 bits per heavy atom. The van der Waals surface area contributed by atoms with Crippen molar-refractivity contribution in [2.45, 2.75) is 13.8 Å². The van der Waals surface area contributed by atoms with Gasteiger partial charge in [0.05, 0.1) is 18.5 Å². The number of carbonyl (C=O) groups is 1. The highest BCUT2D eigenvalue weighted by molar-refractivity contribution is 6.04. The standard InChI is InChI=1S/C22H21N3O2/c1-15-6-4-5-7-21(15)25-24-18-10-13-20(16(2)14-18)23-22(26)17-8-11-19(27-3)12-9-17/h4-14H,1-3H3,(H,23,26). The largest absolute Gasteiger partial charge is 0.497 e. The highest BCUT2D eigenvalue weighted by atomic mass is 16.5. The number of hydrogen-bond donors (Lipinski definition) is 1. The zero-order chi connectivity index (χ0) is 19.2. The number of methoxy groups -OCH3 is 1. The van der Waals surface area contributed by atoms with Crippen LogP contribution in [0.25, 0.3) is 0 Å². The molecule has 0 aliphatic rings. The van der Waals surface area contributed by atoms with E-state index < -0.39 is 0 Å². The lowest BCUT2D eigenvalue weighted by molar-refractivity contribution is 0.102. The molecule has 0 radical (unpaired) electrons. The van der Waals surface area contributed by atoms with Crippen LogP contribution < -0.4 is 10.1 Å². The summed E-state index contributed by atoms with van der Waals surface area (Å²) in [6, 6.07) is 20.4. The van der Waals surface area contributed by atoms with Gasteiger partial charge in [-0.05, 0) is 73.5 Å². The third kappa shape index (κ3) is 4.58. The van der Waals surface area contributed by atoms with Gasteiger partial charge in [0.15, 0.2) is 0 Å². The lowest BCUT2D eigenvalue weighted by atomic mass is 10.1. The molecule has 3 rings (SSSR count). The van der Waals surface area contributed by atoms with Crippen molar-refractivity contribution >= 4 is 23.0 Å². The zero-order valence-corrected chi connectivity index (χ0v) is 15.6. The first kappa shape index (κ1) is 18.3. The minimum absolute atomic E-state index is 0.171. The molecular weight excluding hydrogens is 338 g/mol. The van der Waals surface area contributed by atoms with Crippen LogP contribution in [0.2, 0.25) is 0 Å². The summed E-state index contributed by atoms with van der Waals surface area (Å²) in [7, 11) is 1.59. The number of carbonyl (C=O) groups excluding carboxylic acids is 1. The van der Waals surface area contributed by atoms with Gasteiger partial charge in [-0.15, -0.1) is 0 Å². The summed E-state index contributed by atoms with van der Waals surface area (Å²) in [5.41, 5.74) is 4.87. The fourth-order valence-corrected chi connectivity index (χ4v) is 2.57. The Morgan fingerprint density at radius 1 is 0.889 bits per heavy atom. The van der Waals surface area contributed by atoms with E-state index in [1.165, 1.54) is 0 Å². The Balaban J connectivity index is 1.72. The van der Waals surface area contributed by atoms with E-state index in [0.29, 0.717) is 11.3 Å². The van der Waals surface area contributed by atoms with E-state index in [0.717, 1.165) is 28.2 Å². The number of nitrogens with one attached hydrogen (secondary N) is 1. The van der Waals surface area contributed by atoms with Crippen molar-refractivity contribution < 1.29 is 9.53 Å². The van der Waals surface area contributed by atoms with Gasteiger partial charge in [0.1, 0.15) is 5.75 Å². The van der Waals surface area contributed by atoms with Gasteiger partial charge in [-0.1, -0.05) is 18.2 Å². The van der Waals surface area contributed by atoms with Crippen molar-refractivity contribution in [2.75, 3.05) is 12.4 Å². The lowest BCUT2D eigenvalue weighted by Crippen LogP contribution is -2.12. The fraction of sp³-hybridized carbons (Fsp3) is 0.136. The summed E-state index contributed by atoms with van der Waals surface area (Å²) >= 11 is 0. The molecule has 5 nitrogen and oxygen atoms in total. The minimum atomic E-state index is -0.171. The summed E-state index contributed by atoms with van der Waals surface area (Å²) in [6.45, 7) is 3.92. The number of nitrogens with zero attached hydrogens (tertiary/aromatic N) is 2. The van der Waals surface area contributed by atoms with E-state index in [9.17, 15) is 4.79 Å². The Morgan fingerprint density at radius 3 is 2.30 bits per heavy atom. The first-order valence-corrected chi connectivity index (χ1v) is 8.60. The van der Waals surface area contributed by atoms with Crippen LogP contribution >= 0.6 is 0 Å². The van der Waals surface area contributed by atoms with Crippen LogP contribution in [0.5, 0.6) is 5.75 Å². The molecule has 0 aromatic heterocycles. The number of benzene rings is 3. The number of azo groups is 1. The van der Waals surface area contributed by atoms with E-state index in [1.807, 2.05) is 56.3 Å². The molecule has 136 valence electrons. The van der Waals surface area contributed by atoms with Crippen LogP contribution in [0, 0.1) is 13.8 Å². The molecule has 1 amide bonds. The van der Waals surface area contributed by atoms with Crippen LogP contribution in [-0.2, 0) is 0 Å². The van der Waals surface area contributed by atoms with Gasteiger partial charge in [-0.3, -0.25) is 4.79 Å². The van der Waals surface area contributed by atoms with Crippen LogP contribution in [0.4, 0.5) is 17.1 Å². The molecule has 0 heterocycles. The predicted molar refractivity (Wildman–Crippen MR) is 107 cm³/mol. The predicted octanol–water partition coefficient (Wildman–Crippen LogP) is 5.98. The van der Waals surface area contributed by atoms with E-state index in [2.05, 4.69) is 15.5 Å². The number of anilines is 1. The summed E-state index contributed by atoms with van der Waals surface area (Å²) in [4.78, 5) is 12.4. The zero-order valence-electron chi connectivity index (χ0n) is 15.6. The molecule has 3 aromatic rings. The molecule has 27 heavy (non-hydrogen) atoms. The second-order valence-corrected chi connectivity index (χ2v) is 6.17. The molecule has 0 aliphatic carbocycles. The quantitative estimate of drug-likeness (QED) is 0.570. The molecule has 0 aliphatic heterocycles. The SMILES string of the molecule is COc1ccc(C(=O)Nc2ccc(N=Nc3ccccc3C)cc2C)cc1. The molecule has 3 aromatic carbocycles. The molecule has 0 saturated carbocycles. The number of aryl methyl sites for hydroxylation is 2. The van der Waals surface area contributed by atoms with Gasteiger partial charge in [-0.25, -0.2) is 0 Å². The number of hydrogen-bond acceptors (Lipinski definition) is 4. The van der Waals surface area contributed by atoms with Gasteiger partial charge in [0, 0.05) is 11.3 Å². The maximum Gasteiger partial charge on any atom is 0.255 e. The van der Waals surface area contributed by atoms with E-state index in [4.69, 9.17) is 4.74 Å². The molecule has 0 fully saturated rings. The van der Waals surface area contributed by atoms with Gasteiger partial charge in [0.25, 0.3) is 5.91 Å². The number of ether oxygens (including phenoxy) is 1. The van der Waals surface area contributed by atoms with E-state index in [-0.39, 0.29) is 5.91 Å². The highest BCUT2D eigenvalue weighted by Crippen LogP contribution is 2.25. The molecule has 0 bridgehead atoms. The monoisotopic (exact) mass is 359 g/mol. The normalized spacial score (nSPS) is 10.8. The third-order valence-electron chi connectivity index (χ3n) is 4.20. The summed E-state index contributed by atoms with van der Waals surface area (Å²) in [6.07, 6.45) is 0. The number of amides is 1. The Hall–Kier alpha value is -3.47.